The highest BCUT2D eigenvalue weighted by Gasteiger charge is 2.15. The predicted molar refractivity (Wildman–Crippen MR) is 48.0 cm³/mol. The van der Waals surface area contributed by atoms with Gasteiger partial charge in [-0.3, -0.25) is 4.90 Å². The third kappa shape index (κ3) is 2.80. The van der Waals surface area contributed by atoms with E-state index in [-0.39, 0.29) is 6.17 Å². The Bertz CT molecular complexity index is 97.7. The maximum atomic E-state index is 5.94. The van der Waals surface area contributed by atoms with Crippen LogP contribution in [-0.4, -0.2) is 24.2 Å². The van der Waals surface area contributed by atoms with Gasteiger partial charge in [-0.15, -0.1) is 0 Å². The van der Waals surface area contributed by atoms with Crippen LogP contribution in [0.25, 0.3) is 0 Å². The van der Waals surface area contributed by atoms with Gasteiger partial charge in [-0.1, -0.05) is 19.8 Å². The SMILES string of the molecule is [CH2]CCC(N)N1CCCCC1. The molecule has 0 aromatic heterocycles. The minimum Gasteiger partial charge on any atom is -0.316 e. The Hall–Kier alpha value is -0.0800. The number of piperidine rings is 1. The maximum absolute atomic E-state index is 5.94. The molecule has 0 aromatic rings. The molecule has 0 aliphatic carbocycles. The van der Waals surface area contributed by atoms with Crippen LogP contribution in [0.4, 0.5) is 0 Å². The van der Waals surface area contributed by atoms with E-state index in [1.807, 2.05) is 0 Å². The highest BCUT2D eigenvalue weighted by molar-refractivity contribution is 4.70. The van der Waals surface area contributed by atoms with Crippen LogP contribution in [0, 0.1) is 6.92 Å². The van der Waals surface area contributed by atoms with Crippen LogP contribution in [0.3, 0.4) is 0 Å². The lowest BCUT2D eigenvalue weighted by atomic mass is 10.1. The normalized spacial score (nSPS) is 23.5. The van der Waals surface area contributed by atoms with E-state index >= 15 is 0 Å². The van der Waals surface area contributed by atoms with E-state index in [4.69, 9.17) is 5.73 Å². The average Bonchev–Trinajstić information content (AvgIpc) is 2.07. The van der Waals surface area contributed by atoms with E-state index in [9.17, 15) is 0 Å². The van der Waals surface area contributed by atoms with E-state index < -0.39 is 0 Å². The molecule has 1 aliphatic heterocycles. The molecule has 2 heteroatoms. The number of likely N-dealkylation sites (tertiary alicyclic amines) is 1. The molecule has 2 nitrogen and oxygen atoms in total. The number of hydrogen-bond acceptors (Lipinski definition) is 2. The van der Waals surface area contributed by atoms with Crippen LogP contribution >= 0.6 is 0 Å². The molecule has 2 N–H and O–H groups in total. The van der Waals surface area contributed by atoms with Gasteiger partial charge in [-0.2, -0.15) is 0 Å². The van der Waals surface area contributed by atoms with Crippen molar-refractivity contribution < 1.29 is 0 Å². The van der Waals surface area contributed by atoms with Gasteiger partial charge in [0, 0.05) is 0 Å². The first-order valence-electron chi connectivity index (χ1n) is 4.63. The molecule has 1 saturated heterocycles. The van der Waals surface area contributed by atoms with Crippen molar-refractivity contribution in [3.63, 3.8) is 0 Å². The molecule has 1 radical (unpaired) electrons. The molecule has 1 atom stereocenters. The summed E-state index contributed by atoms with van der Waals surface area (Å²) in [6, 6.07) is 0. The molecule has 0 bridgehead atoms. The van der Waals surface area contributed by atoms with Gasteiger partial charge in [0.05, 0.1) is 6.17 Å². The second kappa shape index (κ2) is 4.73. The van der Waals surface area contributed by atoms with Crippen molar-refractivity contribution in [1.82, 2.24) is 4.90 Å². The standard InChI is InChI=1S/C9H19N2/c1-2-6-9(10)11-7-4-3-5-8-11/h9H,1-8,10H2. The van der Waals surface area contributed by atoms with Crippen LogP contribution in [0.15, 0.2) is 0 Å². The largest absolute Gasteiger partial charge is 0.316 e. The Kier molecular flexibility index (Phi) is 3.87. The second-order valence-electron chi connectivity index (χ2n) is 3.31. The first-order valence-corrected chi connectivity index (χ1v) is 4.63. The minimum absolute atomic E-state index is 0.271. The molecule has 0 spiro atoms. The minimum atomic E-state index is 0.271. The number of hydrogen-bond donors (Lipinski definition) is 1. The topological polar surface area (TPSA) is 29.3 Å². The first kappa shape index (κ1) is 9.01. The summed E-state index contributed by atoms with van der Waals surface area (Å²) < 4.78 is 0. The quantitative estimate of drug-likeness (QED) is 0.667. The summed E-state index contributed by atoms with van der Waals surface area (Å²) in [7, 11) is 0. The Balaban J connectivity index is 2.21. The summed E-state index contributed by atoms with van der Waals surface area (Å²) in [6.07, 6.45) is 6.30. The van der Waals surface area contributed by atoms with Gasteiger partial charge in [0.15, 0.2) is 0 Å². The van der Waals surface area contributed by atoms with Crippen molar-refractivity contribution in [2.45, 2.75) is 38.3 Å². The molecule has 0 amide bonds. The van der Waals surface area contributed by atoms with Gasteiger partial charge in [0.25, 0.3) is 0 Å². The lowest BCUT2D eigenvalue weighted by Gasteiger charge is -2.31. The van der Waals surface area contributed by atoms with E-state index in [1.54, 1.807) is 0 Å². The summed E-state index contributed by atoms with van der Waals surface area (Å²) in [5, 5.41) is 0. The molecular formula is C9H19N2. The van der Waals surface area contributed by atoms with Gasteiger partial charge in [0.2, 0.25) is 0 Å². The summed E-state index contributed by atoms with van der Waals surface area (Å²) >= 11 is 0. The van der Waals surface area contributed by atoms with Crippen molar-refractivity contribution in [2.75, 3.05) is 13.1 Å². The van der Waals surface area contributed by atoms with Crippen LogP contribution < -0.4 is 5.73 Å². The average molecular weight is 155 g/mol. The zero-order valence-corrected chi connectivity index (χ0v) is 7.26. The maximum Gasteiger partial charge on any atom is 0.0571 e. The number of rotatable bonds is 3. The Labute approximate surface area is 69.8 Å². The summed E-state index contributed by atoms with van der Waals surface area (Å²) in [4.78, 5) is 2.38. The van der Waals surface area contributed by atoms with Crippen LogP contribution in [0.2, 0.25) is 0 Å². The van der Waals surface area contributed by atoms with Gasteiger partial charge in [0.1, 0.15) is 0 Å². The molecule has 1 rings (SSSR count). The number of nitrogens with two attached hydrogens (primary N) is 1. The lowest BCUT2D eigenvalue weighted by Crippen LogP contribution is -2.44. The molecule has 1 unspecified atom stereocenters. The molecular weight excluding hydrogens is 136 g/mol. The molecule has 0 saturated carbocycles. The van der Waals surface area contributed by atoms with Gasteiger partial charge < -0.3 is 5.73 Å². The highest BCUT2D eigenvalue weighted by atomic mass is 15.2. The van der Waals surface area contributed by atoms with Crippen molar-refractivity contribution in [3.8, 4) is 0 Å². The molecule has 1 heterocycles. The highest BCUT2D eigenvalue weighted by Crippen LogP contribution is 2.11. The fourth-order valence-electron chi connectivity index (χ4n) is 1.64. The van der Waals surface area contributed by atoms with Crippen LogP contribution in [0.1, 0.15) is 32.1 Å². The zero-order chi connectivity index (χ0) is 8.10. The van der Waals surface area contributed by atoms with Crippen LogP contribution in [-0.2, 0) is 0 Å². The smallest absolute Gasteiger partial charge is 0.0571 e. The Morgan fingerprint density at radius 3 is 2.45 bits per heavy atom. The second-order valence-corrected chi connectivity index (χ2v) is 3.31. The molecule has 1 fully saturated rings. The number of nitrogens with zero attached hydrogens (tertiary/aromatic N) is 1. The van der Waals surface area contributed by atoms with E-state index in [1.165, 1.54) is 32.4 Å². The van der Waals surface area contributed by atoms with Gasteiger partial charge in [-0.25, -0.2) is 0 Å². The lowest BCUT2D eigenvalue weighted by molar-refractivity contribution is 0.159. The summed E-state index contributed by atoms with van der Waals surface area (Å²) in [5.74, 6) is 0. The van der Waals surface area contributed by atoms with E-state index in [0.717, 1.165) is 12.8 Å². The Morgan fingerprint density at radius 1 is 1.27 bits per heavy atom. The molecule has 65 valence electrons. The summed E-state index contributed by atoms with van der Waals surface area (Å²) in [5.41, 5.74) is 5.94. The molecule has 11 heavy (non-hydrogen) atoms. The van der Waals surface area contributed by atoms with E-state index in [0.29, 0.717) is 0 Å². The summed E-state index contributed by atoms with van der Waals surface area (Å²) in [6.45, 7) is 6.21. The Morgan fingerprint density at radius 2 is 1.91 bits per heavy atom. The third-order valence-corrected chi connectivity index (χ3v) is 2.36. The van der Waals surface area contributed by atoms with E-state index in [2.05, 4.69) is 11.8 Å². The molecule has 0 aromatic carbocycles. The monoisotopic (exact) mass is 155 g/mol. The fourth-order valence-corrected chi connectivity index (χ4v) is 1.64. The van der Waals surface area contributed by atoms with Crippen molar-refractivity contribution >= 4 is 0 Å². The molecule has 1 aliphatic rings. The predicted octanol–water partition coefficient (Wildman–Crippen LogP) is 1.37. The van der Waals surface area contributed by atoms with Crippen molar-refractivity contribution in [3.05, 3.63) is 6.92 Å². The van der Waals surface area contributed by atoms with Crippen LogP contribution in [0.5, 0.6) is 0 Å². The van der Waals surface area contributed by atoms with Crippen molar-refractivity contribution in [2.24, 2.45) is 5.73 Å². The van der Waals surface area contributed by atoms with Gasteiger partial charge >= 0.3 is 0 Å². The van der Waals surface area contributed by atoms with Gasteiger partial charge in [-0.05, 0) is 32.4 Å². The first-order chi connectivity index (χ1) is 5.34. The van der Waals surface area contributed by atoms with Crippen molar-refractivity contribution in [1.29, 1.82) is 0 Å². The fraction of sp³-hybridized carbons (Fsp3) is 0.889. The third-order valence-electron chi connectivity index (χ3n) is 2.36. The zero-order valence-electron chi connectivity index (χ0n) is 7.26.